The van der Waals surface area contributed by atoms with Crippen molar-refractivity contribution < 1.29 is 0 Å². The van der Waals surface area contributed by atoms with Gasteiger partial charge in [0.05, 0.1) is 0 Å². The molecule has 0 aromatic carbocycles. The van der Waals surface area contributed by atoms with Gasteiger partial charge >= 0.3 is 0 Å². The zero-order valence-corrected chi connectivity index (χ0v) is 7.23. The highest BCUT2D eigenvalue weighted by molar-refractivity contribution is 7.81. The standard InChI is InChI=1S/C8H13NS/c1-6-3-4-7(10)8(2,9)5-6/h3-5,7,10H,9H2,1-2H3. The molecule has 0 saturated carbocycles. The van der Waals surface area contributed by atoms with Gasteiger partial charge in [-0.15, -0.1) is 0 Å². The molecule has 1 aliphatic carbocycles. The Kier molecular flexibility index (Phi) is 1.92. The van der Waals surface area contributed by atoms with Crippen molar-refractivity contribution in [2.45, 2.75) is 24.6 Å². The van der Waals surface area contributed by atoms with Gasteiger partial charge in [0.25, 0.3) is 0 Å². The Morgan fingerprint density at radius 1 is 1.70 bits per heavy atom. The van der Waals surface area contributed by atoms with E-state index < -0.39 is 0 Å². The van der Waals surface area contributed by atoms with Crippen LogP contribution in [0.4, 0.5) is 0 Å². The first kappa shape index (κ1) is 7.89. The molecule has 1 aliphatic rings. The zero-order chi connectivity index (χ0) is 7.78. The number of hydrogen-bond donors (Lipinski definition) is 2. The van der Waals surface area contributed by atoms with Gasteiger partial charge in [-0.3, -0.25) is 0 Å². The average molecular weight is 155 g/mol. The first-order valence-corrected chi connectivity index (χ1v) is 3.88. The van der Waals surface area contributed by atoms with E-state index in [1.54, 1.807) is 0 Å². The van der Waals surface area contributed by atoms with E-state index in [1.807, 2.05) is 32.1 Å². The van der Waals surface area contributed by atoms with Crippen LogP contribution in [0.1, 0.15) is 13.8 Å². The molecule has 0 saturated heterocycles. The van der Waals surface area contributed by atoms with E-state index >= 15 is 0 Å². The Morgan fingerprint density at radius 3 is 2.70 bits per heavy atom. The van der Waals surface area contributed by atoms with Crippen LogP contribution in [0.15, 0.2) is 23.8 Å². The van der Waals surface area contributed by atoms with E-state index in [2.05, 4.69) is 12.6 Å². The molecule has 10 heavy (non-hydrogen) atoms. The van der Waals surface area contributed by atoms with Crippen molar-refractivity contribution >= 4 is 12.6 Å². The molecule has 0 heterocycles. The van der Waals surface area contributed by atoms with Crippen LogP contribution in [0.25, 0.3) is 0 Å². The lowest BCUT2D eigenvalue weighted by atomic mass is 9.91. The fourth-order valence-corrected chi connectivity index (χ4v) is 1.23. The molecule has 1 nitrogen and oxygen atoms in total. The quantitative estimate of drug-likeness (QED) is 0.510. The van der Waals surface area contributed by atoms with E-state index in [4.69, 9.17) is 5.73 Å². The molecule has 0 radical (unpaired) electrons. The van der Waals surface area contributed by atoms with Crippen LogP contribution in [-0.2, 0) is 0 Å². The summed E-state index contributed by atoms with van der Waals surface area (Å²) in [5.74, 6) is 0. The predicted molar refractivity (Wildman–Crippen MR) is 48.3 cm³/mol. The lowest BCUT2D eigenvalue weighted by Crippen LogP contribution is -2.43. The van der Waals surface area contributed by atoms with E-state index in [-0.39, 0.29) is 10.8 Å². The van der Waals surface area contributed by atoms with Crippen LogP contribution < -0.4 is 5.73 Å². The van der Waals surface area contributed by atoms with Gasteiger partial charge in [-0.05, 0) is 13.8 Å². The highest BCUT2D eigenvalue weighted by atomic mass is 32.1. The lowest BCUT2D eigenvalue weighted by molar-refractivity contribution is 0.600. The third-order valence-electron chi connectivity index (χ3n) is 1.72. The lowest BCUT2D eigenvalue weighted by Gasteiger charge is -2.28. The van der Waals surface area contributed by atoms with Crippen molar-refractivity contribution in [2.75, 3.05) is 0 Å². The number of thiol groups is 1. The Balaban J connectivity index is 2.88. The van der Waals surface area contributed by atoms with Crippen LogP contribution in [0, 0.1) is 0 Å². The summed E-state index contributed by atoms with van der Waals surface area (Å²) in [6.07, 6.45) is 6.12. The summed E-state index contributed by atoms with van der Waals surface area (Å²) in [6.45, 7) is 4.03. The Morgan fingerprint density at radius 2 is 2.30 bits per heavy atom. The Hall–Kier alpha value is -0.210. The van der Waals surface area contributed by atoms with Crippen LogP contribution in [0.2, 0.25) is 0 Å². The zero-order valence-electron chi connectivity index (χ0n) is 6.33. The SMILES string of the molecule is CC1=CC(C)(N)C(S)C=C1. The van der Waals surface area contributed by atoms with Gasteiger partial charge in [0.15, 0.2) is 0 Å². The predicted octanol–water partition coefficient (Wildman–Crippen LogP) is 1.52. The molecule has 0 aromatic heterocycles. The van der Waals surface area contributed by atoms with Crippen molar-refractivity contribution in [2.24, 2.45) is 5.73 Å². The highest BCUT2D eigenvalue weighted by Gasteiger charge is 2.24. The largest absolute Gasteiger partial charge is 0.321 e. The minimum atomic E-state index is -0.276. The number of allylic oxidation sites excluding steroid dienone is 2. The minimum absolute atomic E-state index is 0.149. The summed E-state index contributed by atoms with van der Waals surface area (Å²) >= 11 is 4.33. The Labute approximate surface area is 67.4 Å². The molecular formula is C8H13NS. The minimum Gasteiger partial charge on any atom is -0.321 e. The van der Waals surface area contributed by atoms with Crippen LogP contribution in [0.5, 0.6) is 0 Å². The van der Waals surface area contributed by atoms with Gasteiger partial charge in [0.1, 0.15) is 0 Å². The van der Waals surface area contributed by atoms with Gasteiger partial charge < -0.3 is 5.73 Å². The van der Waals surface area contributed by atoms with E-state index in [9.17, 15) is 0 Å². The smallest absolute Gasteiger partial charge is 0.0469 e. The van der Waals surface area contributed by atoms with Crippen molar-refractivity contribution in [1.82, 2.24) is 0 Å². The molecule has 0 aliphatic heterocycles. The van der Waals surface area contributed by atoms with Gasteiger partial charge in [0, 0.05) is 10.8 Å². The molecule has 2 N–H and O–H groups in total. The maximum Gasteiger partial charge on any atom is 0.0469 e. The topological polar surface area (TPSA) is 26.0 Å². The molecule has 0 aromatic rings. The van der Waals surface area contributed by atoms with Gasteiger partial charge in [0.2, 0.25) is 0 Å². The first-order valence-electron chi connectivity index (χ1n) is 3.37. The summed E-state index contributed by atoms with van der Waals surface area (Å²) in [7, 11) is 0. The third-order valence-corrected chi connectivity index (χ3v) is 2.45. The van der Waals surface area contributed by atoms with Crippen LogP contribution in [-0.4, -0.2) is 10.8 Å². The van der Waals surface area contributed by atoms with E-state index in [0.29, 0.717) is 0 Å². The molecule has 2 unspecified atom stereocenters. The van der Waals surface area contributed by atoms with Crippen LogP contribution in [0.3, 0.4) is 0 Å². The summed E-state index contributed by atoms with van der Waals surface area (Å²) < 4.78 is 0. The van der Waals surface area contributed by atoms with Crippen molar-refractivity contribution in [1.29, 1.82) is 0 Å². The number of nitrogens with two attached hydrogens (primary N) is 1. The first-order chi connectivity index (χ1) is 4.52. The fraction of sp³-hybridized carbons (Fsp3) is 0.500. The van der Waals surface area contributed by atoms with Crippen molar-refractivity contribution in [3.8, 4) is 0 Å². The molecule has 0 bridgehead atoms. The molecular weight excluding hydrogens is 142 g/mol. The van der Waals surface area contributed by atoms with Gasteiger partial charge in [-0.2, -0.15) is 12.6 Å². The fourth-order valence-electron chi connectivity index (χ4n) is 1.07. The number of hydrogen-bond acceptors (Lipinski definition) is 2. The maximum absolute atomic E-state index is 5.91. The van der Waals surface area contributed by atoms with E-state index in [1.165, 1.54) is 5.57 Å². The molecule has 0 fully saturated rings. The molecule has 0 spiro atoms. The van der Waals surface area contributed by atoms with Gasteiger partial charge in [-0.25, -0.2) is 0 Å². The maximum atomic E-state index is 5.91. The van der Waals surface area contributed by atoms with E-state index in [0.717, 1.165) is 0 Å². The third kappa shape index (κ3) is 1.44. The second-order valence-corrected chi connectivity index (χ2v) is 3.61. The molecule has 56 valence electrons. The highest BCUT2D eigenvalue weighted by Crippen LogP contribution is 2.22. The van der Waals surface area contributed by atoms with Crippen molar-refractivity contribution in [3.05, 3.63) is 23.8 Å². The summed E-state index contributed by atoms with van der Waals surface area (Å²) in [4.78, 5) is 0. The molecule has 2 atom stereocenters. The van der Waals surface area contributed by atoms with Crippen molar-refractivity contribution in [3.63, 3.8) is 0 Å². The summed E-state index contributed by atoms with van der Waals surface area (Å²) in [5.41, 5.74) is 6.85. The second kappa shape index (κ2) is 2.44. The van der Waals surface area contributed by atoms with Gasteiger partial charge in [-0.1, -0.05) is 23.8 Å². The normalized spacial score (nSPS) is 39.6. The summed E-state index contributed by atoms with van der Waals surface area (Å²) in [5, 5.41) is 0.149. The Bertz CT molecular complexity index is 191. The summed E-state index contributed by atoms with van der Waals surface area (Å²) in [6, 6.07) is 0. The molecule has 1 rings (SSSR count). The molecule has 2 heteroatoms. The second-order valence-electron chi connectivity index (χ2n) is 3.06. The monoisotopic (exact) mass is 155 g/mol. The number of rotatable bonds is 0. The van der Waals surface area contributed by atoms with Crippen LogP contribution >= 0.6 is 12.6 Å². The molecule has 0 amide bonds. The average Bonchev–Trinajstić information content (AvgIpc) is 1.78.